The number of terminal acetylenes is 1. The summed E-state index contributed by atoms with van der Waals surface area (Å²) >= 11 is 0. The molecule has 68 valence electrons. The Labute approximate surface area is 75.8 Å². The summed E-state index contributed by atoms with van der Waals surface area (Å²) in [4.78, 5) is 0. The first-order chi connectivity index (χ1) is 5.83. The molecule has 0 aromatic carbocycles. The Morgan fingerprint density at radius 2 is 1.75 bits per heavy atom. The van der Waals surface area contributed by atoms with Crippen LogP contribution in [-0.2, 0) is 6.42 Å². The summed E-state index contributed by atoms with van der Waals surface area (Å²) in [6, 6.07) is 3.99. The molecule has 1 aromatic heterocycles. The fourth-order valence-electron chi connectivity index (χ4n) is 0.675. The molecule has 0 atom stereocenters. The monoisotopic (exact) mass is 166 g/mol. The molecular weight excluding hydrogens is 148 g/mol. The maximum Gasteiger partial charge on any atom is 0.103 e. The van der Waals surface area contributed by atoms with Crippen molar-refractivity contribution < 1.29 is 4.42 Å². The van der Waals surface area contributed by atoms with Crippen molar-refractivity contribution in [2.24, 2.45) is 0 Å². The highest BCUT2D eigenvalue weighted by Gasteiger charge is 1.91. The summed E-state index contributed by atoms with van der Waals surface area (Å²) in [7, 11) is 0. The van der Waals surface area contributed by atoms with Gasteiger partial charge in [-0.15, -0.1) is 12.8 Å². The van der Waals surface area contributed by atoms with Gasteiger partial charge in [0.15, 0.2) is 0 Å². The van der Waals surface area contributed by atoms with Crippen molar-refractivity contribution >= 4 is 0 Å². The Morgan fingerprint density at radius 1 is 1.25 bits per heavy atom. The van der Waals surface area contributed by atoms with Crippen LogP contribution in [0.15, 0.2) is 16.5 Å². The fraction of sp³-hybridized carbons (Fsp3) is 0.455. The van der Waals surface area contributed by atoms with Crippen LogP contribution in [0.25, 0.3) is 0 Å². The van der Waals surface area contributed by atoms with E-state index >= 15 is 0 Å². The van der Waals surface area contributed by atoms with E-state index in [1.807, 2.05) is 32.9 Å². The summed E-state index contributed by atoms with van der Waals surface area (Å²) in [5, 5.41) is 0. The molecule has 0 saturated heterocycles. The second-order valence-corrected chi connectivity index (χ2v) is 1.87. The van der Waals surface area contributed by atoms with E-state index < -0.39 is 0 Å². The molecule has 0 aliphatic carbocycles. The summed E-state index contributed by atoms with van der Waals surface area (Å²) < 4.78 is 5.23. The quantitative estimate of drug-likeness (QED) is 0.582. The first-order valence-electron chi connectivity index (χ1n) is 4.21. The summed E-state index contributed by atoms with van der Waals surface area (Å²) in [6.45, 7) is 8.04. The minimum atomic E-state index is 0.994. The van der Waals surface area contributed by atoms with E-state index in [-0.39, 0.29) is 0 Å². The lowest BCUT2D eigenvalue weighted by molar-refractivity contribution is 0.489. The van der Waals surface area contributed by atoms with Crippen molar-refractivity contribution in [3.63, 3.8) is 0 Å². The molecule has 0 saturated carbocycles. The van der Waals surface area contributed by atoms with Crippen LogP contribution in [0.4, 0.5) is 0 Å². The zero-order chi connectivity index (χ0) is 9.98. The van der Waals surface area contributed by atoms with E-state index in [4.69, 9.17) is 4.42 Å². The van der Waals surface area contributed by atoms with Crippen molar-refractivity contribution in [3.8, 4) is 12.8 Å². The molecule has 0 aliphatic rings. The van der Waals surface area contributed by atoms with Crippen LogP contribution in [0.3, 0.4) is 0 Å². The van der Waals surface area contributed by atoms with E-state index in [1.165, 1.54) is 0 Å². The molecule has 0 amide bonds. The molecule has 12 heavy (non-hydrogen) atoms. The third-order valence-electron chi connectivity index (χ3n) is 1.14. The molecule has 1 aromatic rings. The van der Waals surface area contributed by atoms with Crippen LogP contribution in [-0.4, -0.2) is 0 Å². The Hall–Kier alpha value is -1.16. The lowest BCUT2D eigenvalue weighted by Gasteiger charge is -1.83. The number of hydrogen-bond acceptors (Lipinski definition) is 1. The van der Waals surface area contributed by atoms with Gasteiger partial charge in [0.2, 0.25) is 0 Å². The van der Waals surface area contributed by atoms with Crippen LogP contribution >= 0.6 is 0 Å². The molecule has 0 aliphatic heterocycles. The van der Waals surface area contributed by atoms with E-state index in [9.17, 15) is 0 Å². The molecule has 0 fully saturated rings. The molecule has 0 bridgehead atoms. The summed E-state index contributed by atoms with van der Waals surface area (Å²) in [6.07, 6.45) is 8.99. The number of rotatable bonds is 1. The molecule has 1 heteroatoms. The molecule has 1 heterocycles. The van der Waals surface area contributed by atoms with Gasteiger partial charge in [-0.25, -0.2) is 0 Å². The SMILES string of the molecule is C#C.CC.CCc1ccc(C)o1. The van der Waals surface area contributed by atoms with Crippen LogP contribution in [0, 0.1) is 19.8 Å². The molecule has 0 radical (unpaired) electrons. The van der Waals surface area contributed by atoms with Gasteiger partial charge >= 0.3 is 0 Å². The van der Waals surface area contributed by atoms with E-state index in [0.717, 1.165) is 17.9 Å². The minimum Gasteiger partial charge on any atom is -0.466 e. The third-order valence-corrected chi connectivity index (χ3v) is 1.14. The maximum absolute atomic E-state index is 5.23. The predicted molar refractivity (Wildman–Crippen MR) is 54.1 cm³/mol. The standard InChI is InChI=1S/C7H10O.C2H6.C2H2/c1-3-7-5-4-6(2)8-7;2*1-2/h4-5H,3H2,1-2H3;1-2H3;1-2H. The Bertz CT molecular complexity index is 196. The lowest BCUT2D eigenvalue weighted by Crippen LogP contribution is -1.67. The van der Waals surface area contributed by atoms with Gasteiger partial charge in [0.25, 0.3) is 0 Å². The first-order valence-corrected chi connectivity index (χ1v) is 4.21. The molecule has 0 spiro atoms. The maximum atomic E-state index is 5.23. The highest BCUT2D eigenvalue weighted by atomic mass is 16.3. The van der Waals surface area contributed by atoms with Gasteiger partial charge in [-0.2, -0.15) is 0 Å². The zero-order valence-electron chi connectivity index (χ0n) is 8.42. The largest absolute Gasteiger partial charge is 0.466 e. The molecule has 0 unspecified atom stereocenters. The zero-order valence-corrected chi connectivity index (χ0v) is 8.42. The van der Waals surface area contributed by atoms with Crippen molar-refractivity contribution in [3.05, 3.63) is 23.7 Å². The summed E-state index contributed by atoms with van der Waals surface area (Å²) in [5.41, 5.74) is 0. The van der Waals surface area contributed by atoms with Crippen molar-refractivity contribution in [2.45, 2.75) is 34.1 Å². The number of hydrogen-bond donors (Lipinski definition) is 0. The summed E-state index contributed by atoms with van der Waals surface area (Å²) in [5.74, 6) is 2.07. The third kappa shape index (κ3) is 5.61. The van der Waals surface area contributed by atoms with Crippen LogP contribution in [0.5, 0.6) is 0 Å². The minimum absolute atomic E-state index is 0.994. The second kappa shape index (κ2) is 9.84. The molecule has 1 nitrogen and oxygen atoms in total. The van der Waals surface area contributed by atoms with Gasteiger partial charge in [0, 0.05) is 6.42 Å². The Balaban J connectivity index is 0. The van der Waals surface area contributed by atoms with Gasteiger partial charge in [0.05, 0.1) is 0 Å². The number of furan rings is 1. The Kier molecular flexibility index (Phi) is 11.0. The lowest BCUT2D eigenvalue weighted by atomic mass is 10.4. The number of aryl methyl sites for hydroxylation is 2. The normalized spacial score (nSPS) is 7.17. The molecular formula is C11H18O. The van der Waals surface area contributed by atoms with Gasteiger partial charge < -0.3 is 4.42 Å². The van der Waals surface area contributed by atoms with Crippen molar-refractivity contribution in [1.29, 1.82) is 0 Å². The molecule has 1 rings (SSSR count). The topological polar surface area (TPSA) is 13.1 Å². The Morgan fingerprint density at radius 3 is 1.92 bits per heavy atom. The van der Waals surface area contributed by atoms with Gasteiger partial charge in [-0.1, -0.05) is 20.8 Å². The van der Waals surface area contributed by atoms with Gasteiger partial charge in [-0.05, 0) is 19.1 Å². The van der Waals surface area contributed by atoms with E-state index in [0.29, 0.717) is 0 Å². The van der Waals surface area contributed by atoms with Crippen LogP contribution < -0.4 is 0 Å². The van der Waals surface area contributed by atoms with Crippen LogP contribution in [0.2, 0.25) is 0 Å². The fourth-order valence-corrected chi connectivity index (χ4v) is 0.675. The van der Waals surface area contributed by atoms with Gasteiger partial charge in [-0.3, -0.25) is 0 Å². The molecule has 0 N–H and O–H groups in total. The highest BCUT2D eigenvalue weighted by molar-refractivity contribution is 5.04. The van der Waals surface area contributed by atoms with E-state index in [1.54, 1.807) is 0 Å². The van der Waals surface area contributed by atoms with Crippen molar-refractivity contribution in [2.75, 3.05) is 0 Å². The smallest absolute Gasteiger partial charge is 0.103 e. The predicted octanol–water partition coefficient (Wildman–Crippen LogP) is 3.43. The average molecular weight is 166 g/mol. The van der Waals surface area contributed by atoms with Crippen LogP contribution in [0.1, 0.15) is 32.3 Å². The highest BCUT2D eigenvalue weighted by Crippen LogP contribution is 2.05. The second-order valence-electron chi connectivity index (χ2n) is 1.87. The first kappa shape index (κ1) is 13.4. The average Bonchev–Trinajstić information content (AvgIpc) is 2.58. The van der Waals surface area contributed by atoms with Crippen molar-refractivity contribution in [1.82, 2.24) is 0 Å². The van der Waals surface area contributed by atoms with Gasteiger partial charge in [0.1, 0.15) is 11.5 Å². The van der Waals surface area contributed by atoms with E-state index in [2.05, 4.69) is 19.8 Å².